The first-order chi connectivity index (χ1) is 11.5. The minimum absolute atomic E-state index is 0.231. The van der Waals surface area contributed by atoms with Gasteiger partial charge in [-0.3, -0.25) is 4.98 Å². The van der Waals surface area contributed by atoms with E-state index in [0.29, 0.717) is 31.1 Å². The van der Waals surface area contributed by atoms with Gasteiger partial charge in [0.15, 0.2) is 0 Å². The van der Waals surface area contributed by atoms with Gasteiger partial charge in [-0.1, -0.05) is 6.07 Å². The van der Waals surface area contributed by atoms with Gasteiger partial charge < -0.3 is 19.9 Å². The molecule has 2 amide bonds. The number of hydrogen-bond acceptors (Lipinski definition) is 4. The van der Waals surface area contributed by atoms with Crippen molar-refractivity contribution in [1.29, 1.82) is 0 Å². The van der Waals surface area contributed by atoms with Crippen molar-refractivity contribution in [3.05, 3.63) is 48.0 Å². The van der Waals surface area contributed by atoms with E-state index in [2.05, 4.69) is 10.3 Å². The zero-order chi connectivity index (χ0) is 17.1. The summed E-state index contributed by atoms with van der Waals surface area (Å²) in [6.45, 7) is 1.11. The number of anilines is 2. The number of pyridine rings is 1. The lowest BCUT2D eigenvalue weighted by molar-refractivity contribution is 0.200. The van der Waals surface area contributed by atoms with Gasteiger partial charge in [0, 0.05) is 31.9 Å². The first-order valence-corrected chi connectivity index (χ1v) is 7.63. The minimum Gasteiger partial charge on any atom is -0.491 e. The maximum Gasteiger partial charge on any atom is 0.322 e. The lowest BCUT2D eigenvalue weighted by Gasteiger charge is -2.23. The molecule has 0 aliphatic carbocycles. The summed E-state index contributed by atoms with van der Waals surface area (Å²) in [6, 6.07) is 5.89. The van der Waals surface area contributed by atoms with Gasteiger partial charge in [-0.2, -0.15) is 0 Å². The Hall–Kier alpha value is -2.83. The number of nitrogens with one attached hydrogen (secondary N) is 1. The van der Waals surface area contributed by atoms with Crippen LogP contribution < -0.4 is 15.0 Å². The summed E-state index contributed by atoms with van der Waals surface area (Å²) in [5, 5.41) is 2.91. The molecule has 2 aromatic rings. The Kier molecular flexibility index (Phi) is 4.50. The Labute approximate surface area is 139 Å². The monoisotopic (exact) mass is 330 g/mol. The number of rotatable bonds is 2. The molecule has 0 fully saturated rings. The third-order valence-corrected chi connectivity index (χ3v) is 3.82. The SMILES string of the molecule is CN(C)c1cnccc1NC(=O)N1CCOc2cc(F)ccc2C1. The van der Waals surface area contributed by atoms with E-state index in [0.717, 1.165) is 11.3 Å². The third-order valence-electron chi connectivity index (χ3n) is 3.82. The Bertz CT molecular complexity index is 751. The zero-order valence-corrected chi connectivity index (χ0v) is 13.6. The molecule has 24 heavy (non-hydrogen) atoms. The Morgan fingerprint density at radius 1 is 1.38 bits per heavy atom. The van der Waals surface area contributed by atoms with Gasteiger partial charge in [-0.25, -0.2) is 9.18 Å². The molecule has 1 N–H and O–H groups in total. The van der Waals surface area contributed by atoms with Gasteiger partial charge >= 0.3 is 6.03 Å². The molecule has 126 valence electrons. The number of fused-ring (bicyclic) bond motifs is 1. The van der Waals surface area contributed by atoms with Crippen LogP contribution in [0.3, 0.4) is 0 Å². The molecule has 0 spiro atoms. The number of carbonyl (C=O) groups is 1. The summed E-state index contributed by atoms with van der Waals surface area (Å²) < 4.78 is 18.8. The predicted molar refractivity (Wildman–Crippen MR) is 89.9 cm³/mol. The summed E-state index contributed by atoms with van der Waals surface area (Å²) in [4.78, 5) is 20.2. The van der Waals surface area contributed by atoms with Crippen molar-refractivity contribution < 1.29 is 13.9 Å². The average molecular weight is 330 g/mol. The molecule has 3 rings (SSSR count). The van der Waals surface area contributed by atoms with E-state index < -0.39 is 0 Å². The fraction of sp³-hybridized carbons (Fsp3) is 0.294. The van der Waals surface area contributed by atoms with Crippen molar-refractivity contribution in [3.8, 4) is 5.75 Å². The van der Waals surface area contributed by atoms with Crippen LogP contribution in [-0.2, 0) is 6.54 Å². The van der Waals surface area contributed by atoms with Crippen molar-refractivity contribution in [1.82, 2.24) is 9.88 Å². The van der Waals surface area contributed by atoms with Crippen LogP contribution >= 0.6 is 0 Å². The first kappa shape index (κ1) is 16.0. The predicted octanol–water partition coefficient (Wildman–Crippen LogP) is 2.71. The van der Waals surface area contributed by atoms with Crippen LogP contribution in [-0.4, -0.2) is 43.2 Å². The second-order valence-electron chi connectivity index (χ2n) is 5.74. The number of benzene rings is 1. The molecule has 1 aromatic heterocycles. The number of halogens is 1. The van der Waals surface area contributed by atoms with Gasteiger partial charge in [0.2, 0.25) is 0 Å². The fourth-order valence-electron chi connectivity index (χ4n) is 2.56. The van der Waals surface area contributed by atoms with Crippen molar-refractivity contribution >= 4 is 17.4 Å². The van der Waals surface area contributed by atoms with E-state index in [1.54, 1.807) is 29.4 Å². The van der Waals surface area contributed by atoms with Crippen LogP contribution in [0.2, 0.25) is 0 Å². The van der Waals surface area contributed by atoms with E-state index >= 15 is 0 Å². The average Bonchev–Trinajstić information content (AvgIpc) is 2.77. The van der Waals surface area contributed by atoms with Crippen LogP contribution in [0.15, 0.2) is 36.7 Å². The van der Waals surface area contributed by atoms with E-state index in [9.17, 15) is 9.18 Å². The number of urea groups is 1. The highest BCUT2D eigenvalue weighted by Gasteiger charge is 2.21. The number of ether oxygens (including phenoxy) is 1. The minimum atomic E-state index is -0.348. The summed E-state index contributed by atoms with van der Waals surface area (Å²) in [6.07, 6.45) is 3.32. The molecule has 1 aliphatic heterocycles. The second-order valence-corrected chi connectivity index (χ2v) is 5.74. The van der Waals surface area contributed by atoms with Crippen molar-refractivity contribution in [2.75, 3.05) is 37.5 Å². The largest absolute Gasteiger partial charge is 0.491 e. The normalized spacial score (nSPS) is 13.5. The summed E-state index contributed by atoms with van der Waals surface area (Å²) >= 11 is 0. The molecule has 0 atom stereocenters. The number of nitrogens with zero attached hydrogens (tertiary/aromatic N) is 3. The van der Waals surface area contributed by atoms with Crippen molar-refractivity contribution in [3.63, 3.8) is 0 Å². The Morgan fingerprint density at radius 3 is 3.00 bits per heavy atom. The zero-order valence-electron chi connectivity index (χ0n) is 13.6. The molecule has 1 aliphatic rings. The van der Waals surface area contributed by atoms with Crippen LogP contribution in [0.5, 0.6) is 5.75 Å². The van der Waals surface area contributed by atoms with E-state index in [1.807, 2.05) is 19.0 Å². The van der Waals surface area contributed by atoms with Crippen LogP contribution in [0.25, 0.3) is 0 Å². The molecule has 1 aromatic carbocycles. The van der Waals surface area contributed by atoms with E-state index in [1.165, 1.54) is 12.1 Å². The lowest BCUT2D eigenvalue weighted by Crippen LogP contribution is -2.36. The number of aromatic nitrogens is 1. The molecular formula is C17H19FN4O2. The van der Waals surface area contributed by atoms with E-state index in [4.69, 9.17) is 4.74 Å². The van der Waals surface area contributed by atoms with Crippen LogP contribution in [0.4, 0.5) is 20.6 Å². The standard InChI is InChI=1S/C17H19FN4O2/c1-21(2)15-10-19-6-5-14(15)20-17(23)22-7-8-24-16-9-13(18)4-3-12(16)11-22/h3-6,9-10H,7-8,11H2,1-2H3,(H,19,20,23). The Morgan fingerprint density at radius 2 is 2.21 bits per heavy atom. The highest BCUT2D eigenvalue weighted by molar-refractivity contribution is 5.93. The quantitative estimate of drug-likeness (QED) is 0.920. The van der Waals surface area contributed by atoms with Crippen molar-refractivity contribution in [2.45, 2.75) is 6.54 Å². The highest BCUT2D eigenvalue weighted by atomic mass is 19.1. The van der Waals surface area contributed by atoms with Gasteiger partial charge in [-0.05, 0) is 12.1 Å². The second kappa shape index (κ2) is 6.74. The summed E-state index contributed by atoms with van der Waals surface area (Å²) in [5.74, 6) is 0.141. The fourth-order valence-corrected chi connectivity index (χ4v) is 2.56. The van der Waals surface area contributed by atoms with Crippen LogP contribution in [0, 0.1) is 5.82 Å². The van der Waals surface area contributed by atoms with Gasteiger partial charge in [-0.15, -0.1) is 0 Å². The maximum absolute atomic E-state index is 13.3. The molecular weight excluding hydrogens is 311 g/mol. The summed E-state index contributed by atoms with van der Waals surface area (Å²) in [7, 11) is 3.77. The van der Waals surface area contributed by atoms with Crippen molar-refractivity contribution in [2.24, 2.45) is 0 Å². The molecule has 2 heterocycles. The molecule has 7 heteroatoms. The Balaban J connectivity index is 1.77. The van der Waals surface area contributed by atoms with Gasteiger partial charge in [0.25, 0.3) is 0 Å². The summed E-state index contributed by atoms with van der Waals surface area (Å²) in [5.41, 5.74) is 2.29. The molecule has 0 radical (unpaired) electrons. The number of hydrogen-bond donors (Lipinski definition) is 1. The lowest BCUT2D eigenvalue weighted by atomic mass is 10.2. The molecule has 0 bridgehead atoms. The molecule has 0 unspecified atom stereocenters. The number of carbonyl (C=O) groups excluding carboxylic acids is 1. The number of amides is 2. The smallest absolute Gasteiger partial charge is 0.322 e. The first-order valence-electron chi connectivity index (χ1n) is 7.63. The van der Waals surface area contributed by atoms with Crippen LogP contribution in [0.1, 0.15) is 5.56 Å². The highest BCUT2D eigenvalue weighted by Crippen LogP contribution is 2.26. The maximum atomic E-state index is 13.3. The molecule has 0 saturated carbocycles. The van der Waals surface area contributed by atoms with E-state index in [-0.39, 0.29) is 11.8 Å². The molecule has 0 saturated heterocycles. The van der Waals surface area contributed by atoms with Gasteiger partial charge in [0.1, 0.15) is 18.2 Å². The van der Waals surface area contributed by atoms with Gasteiger partial charge in [0.05, 0.1) is 30.7 Å². The topological polar surface area (TPSA) is 57.7 Å². The third kappa shape index (κ3) is 3.40. The molecule has 6 nitrogen and oxygen atoms in total.